The van der Waals surface area contributed by atoms with Gasteiger partial charge in [0.2, 0.25) is 0 Å². The number of rotatable bonds is 4. The van der Waals surface area contributed by atoms with E-state index in [-0.39, 0.29) is 0 Å². The molecule has 0 amide bonds. The van der Waals surface area contributed by atoms with Gasteiger partial charge in [0.05, 0.1) is 18.8 Å². The molecule has 5 nitrogen and oxygen atoms in total. The first-order chi connectivity index (χ1) is 16.0. The lowest BCUT2D eigenvalue weighted by Gasteiger charge is -2.28. The Morgan fingerprint density at radius 1 is 0.879 bits per heavy atom. The SMILES string of the molecule is FC(F)(F)c1ccc(Nc2ncc(-c3ccnc(N4CCOCC4)c3)c3ccccc23)cc1. The number of benzene rings is 2. The zero-order valence-corrected chi connectivity index (χ0v) is 17.6. The molecular formula is C25H21F3N4O. The Kier molecular flexibility index (Phi) is 5.60. The smallest absolute Gasteiger partial charge is 0.378 e. The highest BCUT2D eigenvalue weighted by atomic mass is 19.4. The molecule has 168 valence electrons. The number of alkyl halides is 3. The molecule has 3 heterocycles. The second-order valence-electron chi connectivity index (χ2n) is 7.77. The topological polar surface area (TPSA) is 50.3 Å². The number of anilines is 3. The zero-order chi connectivity index (χ0) is 22.8. The lowest BCUT2D eigenvalue weighted by Crippen LogP contribution is -2.36. The van der Waals surface area contributed by atoms with E-state index in [0.29, 0.717) is 24.7 Å². The van der Waals surface area contributed by atoms with Crippen LogP contribution in [0.1, 0.15) is 5.56 Å². The van der Waals surface area contributed by atoms with Crippen molar-refractivity contribution in [2.45, 2.75) is 6.18 Å². The first kappa shape index (κ1) is 21.2. The maximum Gasteiger partial charge on any atom is 0.416 e. The quantitative estimate of drug-likeness (QED) is 0.420. The van der Waals surface area contributed by atoms with E-state index in [1.807, 2.05) is 30.3 Å². The number of nitrogens with one attached hydrogen (secondary N) is 1. The molecule has 0 unspecified atom stereocenters. The maximum absolute atomic E-state index is 12.9. The van der Waals surface area contributed by atoms with Gasteiger partial charge in [-0.3, -0.25) is 0 Å². The molecule has 1 aliphatic rings. The zero-order valence-electron chi connectivity index (χ0n) is 17.6. The van der Waals surface area contributed by atoms with Crippen LogP contribution in [0.25, 0.3) is 21.9 Å². The molecule has 2 aromatic carbocycles. The predicted octanol–water partition coefficient (Wildman–Crippen LogP) is 5.90. The lowest BCUT2D eigenvalue weighted by atomic mass is 10.0. The summed E-state index contributed by atoms with van der Waals surface area (Å²) in [4.78, 5) is 11.3. The van der Waals surface area contributed by atoms with E-state index in [1.54, 1.807) is 12.4 Å². The van der Waals surface area contributed by atoms with E-state index >= 15 is 0 Å². The summed E-state index contributed by atoms with van der Waals surface area (Å²) in [5.74, 6) is 1.48. The first-order valence-electron chi connectivity index (χ1n) is 10.6. The number of pyridine rings is 2. The molecule has 0 aliphatic carbocycles. The van der Waals surface area contributed by atoms with Crippen LogP contribution in [0, 0.1) is 0 Å². The van der Waals surface area contributed by atoms with Crippen LogP contribution in [0.2, 0.25) is 0 Å². The maximum atomic E-state index is 12.9. The van der Waals surface area contributed by atoms with Gasteiger partial charge in [0.1, 0.15) is 11.6 Å². The highest BCUT2D eigenvalue weighted by Crippen LogP contribution is 2.35. The molecule has 0 atom stereocenters. The van der Waals surface area contributed by atoms with Crippen LogP contribution in [0.15, 0.2) is 73.1 Å². The molecule has 5 rings (SSSR count). The first-order valence-corrected chi connectivity index (χ1v) is 10.6. The standard InChI is InChI=1S/C25H21F3N4O/c26-25(27,28)18-5-7-19(8-6-18)31-24-21-4-2-1-3-20(21)22(16-30-24)17-9-10-29-23(15-17)32-11-13-33-14-12-32/h1-10,15-16H,11-14H2,(H,30,31). The normalized spacial score (nSPS) is 14.5. The van der Waals surface area contributed by atoms with Crippen molar-refractivity contribution in [2.24, 2.45) is 0 Å². The minimum absolute atomic E-state index is 0.534. The fourth-order valence-corrected chi connectivity index (χ4v) is 3.95. The van der Waals surface area contributed by atoms with Gasteiger partial charge in [0, 0.05) is 42.1 Å². The third-order valence-corrected chi connectivity index (χ3v) is 5.66. The summed E-state index contributed by atoms with van der Waals surface area (Å²) in [6.45, 7) is 2.96. The number of hydrogen-bond acceptors (Lipinski definition) is 5. The van der Waals surface area contributed by atoms with E-state index < -0.39 is 11.7 Å². The highest BCUT2D eigenvalue weighted by Gasteiger charge is 2.30. The van der Waals surface area contributed by atoms with E-state index in [0.717, 1.165) is 52.9 Å². The van der Waals surface area contributed by atoms with Crippen molar-refractivity contribution in [3.8, 4) is 11.1 Å². The third-order valence-electron chi connectivity index (χ3n) is 5.66. The van der Waals surface area contributed by atoms with Gasteiger partial charge in [0.15, 0.2) is 0 Å². The summed E-state index contributed by atoms with van der Waals surface area (Å²) in [6.07, 6.45) is -0.786. The molecule has 2 aromatic heterocycles. The number of hydrogen-bond donors (Lipinski definition) is 1. The van der Waals surface area contributed by atoms with Crippen molar-refractivity contribution < 1.29 is 17.9 Å². The highest BCUT2D eigenvalue weighted by molar-refractivity contribution is 6.02. The summed E-state index contributed by atoms with van der Waals surface area (Å²) in [5, 5.41) is 5.02. The number of morpholine rings is 1. The molecule has 0 spiro atoms. The van der Waals surface area contributed by atoms with Gasteiger partial charge in [-0.1, -0.05) is 24.3 Å². The Bertz CT molecular complexity index is 1270. The minimum Gasteiger partial charge on any atom is -0.378 e. The van der Waals surface area contributed by atoms with Gasteiger partial charge in [0.25, 0.3) is 0 Å². The molecule has 0 saturated carbocycles. The second kappa shape index (κ2) is 8.71. The van der Waals surface area contributed by atoms with Gasteiger partial charge >= 0.3 is 6.18 Å². The van der Waals surface area contributed by atoms with Crippen molar-refractivity contribution in [1.82, 2.24) is 9.97 Å². The minimum atomic E-state index is -4.37. The van der Waals surface area contributed by atoms with Crippen LogP contribution < -0.4 is 10.2 Å². The Morgan fingerprint density at radius 2 is 1.61 bits per heavy atom. The van der Waals surface area contributed by atoms with Gasteiger partial charge in [-0.15, -0.1) is 0 Å². The number of aromatic nitrogens is 2. The van der Waals surface area contributed by atoms with Crippen molar-refractivity contribution in [3.63, 3.8) is 0 Å². The Morgan fingerprint density at radius 3 is 2.33 bits per heavy atom. The van der Waals surface area contributed by atoms with Crippen molar-refractivity contribution in [2.75, 3.05) is 36.5 Å². The average molecular weight is 450 g/mol. The van der Waals surface area contributed by atoms with Crippen LogP contribution in [0.4, 0.5) is 30.5 Å². The summed E-state index contributed by atoms with van der Waals surface area (Å²) >= 11 is 0. The van der Waals surface area contributed by atoms with Crippen LogP contribution in [-0.2, 0) is 10.9 Å². The van der Waals surface area contributed by atoms with E-state index in [9.17, 15) is 13.2 Å². The number of fused-ring (bicyclic) bond motifs is 1. The molecule has 4 aromatic rings. The van der Waals surface area contributed by atoms with Gasteiger partial charge < -0.3 is 15.0 Å². The molecule has 1 fully saturated rings. The summed E-state index contributed by atoms with van der Waals surface area (Å²) in [7, 11) is 0. The lowest BCUT2D eigenvalue weighted by molar-refractivity contribution is -0.137. The molecule has 1 saturated heterocycles. The van der Waals surface area contributed by atoms with Gasteiger partial charge in [-0.05, 0) is 47.3 Å². The number of ether oxygens (including phenoxy) is 1. The fourth-order valence-electron chi connectivity index (χ4n) is 3.95. The second-order valence-corrected chi connectivity index (χ2v) is 7.77. The number of halogens is 3. The Balaban J connectivity index is 1.49. The van der Waals surface area contributed by atoms with E-state index in [2.05, 4.69) is 26.3 Å². The van der Waals surface area contributed by atoms with Crippen LogP contribution >= 0.6 is 0 Å². The summed E-state index contributed by atoms with van der Waals surface area (Å²) < 4.78 is 44.0. The average Bonchev–Trinajstić information content (AvgIpc) is 2.85. The molecule has 1 N–H and O–H groups in total. The Hall–Kier alpha value is -3.65. The van der Waals surface area contributed by atoms with Crippen LogP contribution in [0.5, 0.6) is 0 Å². The number of nitrogens with zero attached hydrogens (tertiary/aromatic N) is 3. The molecule has 33 heavy (non-hydrogen) atoms. The van der Waals surface area contributed by atoms with Crippen LogP contribution in [-0.4, -0.2) is 36.3 Å². The largest absolute Gasteiger partial charge is 0.416 e. The summed E-state index contributed by atoms with van der Waals surface area (Å²) in [5.41, 5.74) is 1.80. The molecule has 0 bridgehead atoms. The van der Waals surface area contributed by atoms with Crippen molar-refractivity contribution in [3.05, 3.63) is 78.6 Å². The molecule has 0 radical (unpaired) electrons. The van der Waals surface area contributed by atoms with E-state index in [4.69, 9.17) is 4.74 Å². The molecular weight excluding hydrogens is 429 g/mol. The van der Waals surface area contributed by atoms with Crippen LogP contribution in [0.3, 0.4) is 0 Å². The fraction of sp³-hybridized carbons (Fsp3) is 0.200. The van der Waals surface area contributed by atoms with Gasteiger partial charge in [-0.25, -0.2) is 9.97 Å². The van der Waals surface area contributed by atoms with Crippen molar-refractivity contribution >= 4 is 28.1 Å². The van der Waals surface area contributed by atoms with E-state index in [1.165, 1.54) is 12.1 Å². The predicted molar refractivity (Wildman–Crippen MR) is 123 cm³/mol. The Labute approximate surface area is 188 Å². The summed E-state index contributed by atoms with van der Waals surface area (Å²) in [6, 6.07) is 16.8. The molecule has 1 aliphatic heterocycles. The molecule has 8 heteroatoms. The van der Waals surface area contributed by atoms with Gasteiger partial charge in [-0.2, -0.15) is 13.2 Å². The third kappa shape index (κ3) is 4.47. The monoisotopic (exact) mass is 450 g/mol. The van der Waals surface area contributed by atoms with Crippen molar-refractivity contribution in [1.29, 1.82) is 0 Å².